The first-order chi connectivity index (χ1) is 10.7. The third-order valence-electron chi connectivity index (χ3n) is 2.75. The number of nitro groups is 1. The fraction of sp³-hybridized carbons (Fsp3) is 0. The van der Waals surface area contributed by atoms with Gasteiger partial charge < -0.3 is 4.42 Å². The second kappa shape index (κ2) is 5.92. The van der Waals surface area contributed by atoms with Crippen LogP contribution in [0.1, 0.15) is 5.56 Å². The summed E-state index contributed by atoms with van der Waals surface area (Å²) in [5.74, 6) is 0.323. The van der Waals surface area contributed by atoms with Gasteiger partial charge in [0.1, 0.15) is 0 Å². The van der Waals surface area contributed by atoms with Gasteiger partial charge in [-0.05, 0) is 29.8 Å². The van der Waals surface area contributed by atoms with E-state index in [1.54, 1.807) is 36.7 Å². The first-order valence-corrected chi connectivity index (χ1v) is 6.25. The molecule has 0 atom stereocenters. The molecule has 1 aromatic carbocycles. The Labute approximate surface area is 124 Å². The summed E-state index contributed by atoms with van der Waals surface area (Å²) >= 11 is 0. The van der Waals surface area contributed by atoms with Gasteiger partial charge in [0.2, 0.25) is 0 Å². The summed E-state index contributed by atoms with van der Waals surface area (Å²) in [6, 6.07) is 9.62. The number of aliphatic imine (C=N–C) groups is 1. The number of nitrogens with zero attached hydrogens (tertiary/aromatic N) is 5. The van der Waals surface area contributed by atoms with Crippen LogP contribution in [0.15, 0.2) is 58.2 Å². The quantitative estimate of drug-likeness (QED) is 0.416. The molecule has 3 aromatic rings. The molecule has 0 saturated heterocycles. The molecule has 22 heavy (non-hydrogen) atoms. The lowest BCUT2D eigenvalue weighted by Crippen LogP contribution is -1.88. The van der Waals surface area contributed by atoms with E-state index in [0.29, 0.717) is 17.0 Å². The number of non-ortho nitro benzene ring substituents is 1. The molecule has 2 aromatic heterocycles. The summed E-state index contributed by atoms with van der Waals surface area (Å²) in [6.45, 7) is 0. The average Bonchev–Trinajstić information content (AvgIpc) is 3.03. The van der Waals surface area contributed by atoms with Crippen molar-refractivity contribution >= 4 is 17.9 Å². The van der Waals surface area contributed by atoms with E-state index in [0.717, 1.165) is 0 Å². The first-order valence-electron chi connectivity index (χ1n) is 6.25. The molecule has 0 aliphatic carbocycles. The second-order valence-electron chi connectivity index (χ2n) is 4.24. The third-order valence-corrected chi connectivity index (χ3v) is 2.75. The minimum absolute atomic E-state index is 0.0220. The Morgan fingerprint density at radius 3 is 2.68 bits per heavy atom. The van der Waals surface area contributed by atoms with E-state index in [4.69, 9.17) is 4.42 Å². The molecule has 2 heterocycles. The summed E-state index contributed by atoms with van der Waals surface area (Å²) in [5.41, 5.74) is 1.41. The van der Waals surface area contributed by atoms with E-state index in [9.17, 15) is 10.1 Å². The van der Waals surface area contributed by atoms with Crippen molar-refractivity contribution in [1.29, 1.82) is 0 Å². The van der Waals surface area contributed by atoms with Crippen LogP contribution in [0, 0.1) is 10.1 Å². The molecule has 0 spiro atoms. The molecule has 0 aliphatic rings. The first kappa shape index (κ1) is 13.6. The van der Waals surface area contributed by atoms with Crippen LogP contribution in [0.25, 0.3) is 11.5 Å². The van der Waals surface area contributed by atoms with Crippen molar-refractivity contribution < 1.29 is 9.34 Å². The van der Waals surface area contributed by atoms with Crippen LogP contribution >= 0.6 is 0 Å². The van der Waals surface area contributed by atoms with E-state index in [-0.39, 0.29) is 11.7 Å². The maximum atomic E-state index is 10.6. The van der Waals surface area contributed by atoms with Gasteiger partial charge in [0.25, 0.3) is 11.6 Å². The molecule has 0 bridgehead atoms. The monoisotopic (exact) mass is 295 g/mol. The lowest BCUT2D eigenvalue weighted by atomic mass is 10.2. The predicted octanol–water partition coefficient (Wildman–Crippen LogP) is 2.79. The van der Waals surface area contributed by atoms with Crippen LogP contribution in [-0.2, 0) is 0 Å². The summed E-state index contributed by atoms with van der Waals surface area (Å²) < 4.78 is 5.39. The van der Waals surface area contributed by atoms with Crippen LogP contribution < -0.4 is 0 Å². The SMILES string of the molecule is O=[N+]([O-])c1ccc(C=Nc2nnc(-c3cccnc3)o2)cc1. The Morgan fingerprint density at radius 2 is 2.00 bits per heavy atom. The van der Waals surface area contributed by atoms with E-state index >= 15 is 0 Å². The Hall–Kier alpha value is -3.42. The van der Waals surface area contributed by atoms with Crippen LogP contribution in [0.2, 0.25) is 0 Å². The van der Waals surface area contributed by atoms with Crippen molar-refractivity contribution in [2.75, 3.05) is 0 Å². The van der Waals surface area contributed by atoms with Crippen LogP contribution in [-0.4, -0.2) is 26.3 Å². The van der Waals surface area contributed by atoms with Gasteiger partial charge in [0, 0.05) is 30.7 Å². The maximum absolute atomic E-state index is 10.6. The number of rotatable bonds is 4. The summed E-state index contributed by atoms with van der Waals surface area (Å²) in [5, 5.41) is 18.2. The number of pyridine rings is 1. The molecule has 108 valence electrons. The predicted molar refractivity (Wildman–Crippen MR) is 77.9 cm³/mol. The Morgan fingerprint density at radius 1 is 1.18 bits per heavy atom. The molecule has 8 nitrogen and oxygen atoms in total. The topological polar surface area (TPSA) is 107 Å². The van der Waals surface area contributed by atoms with Crippen molar-refractivity contribution in [2.45, 2.75) is 0 Å². The lowest BCUT2D eigenvalue weighted by molar-refractivity contribution is -0.384. The largest absolute Gasteiger partial charge is 0.402 e. The highest BCUT2D eigenvalue weighted by Crippen LogP contribution is 2.20. The molecule has 0 unspecified atom stereocenters. The van der Waals surface area contributed by atoms with Crippen molar-refractivity contribution in [2.24, 2.45) is 4.99 Å². The standard InChI is InChI=1S/C14H9N5O3/c20-19(21)12-5-3-10(4-6-12)8-16-14-18-17-13(22-14)11-2-1-7-15-9-11/h1-9H. The molecule has 0 saturated carbocycles. The van der Waals surface area contributed by atoms with Gasteiger partial charge in [0.05, 0.1) is 10.5 Å². The Balaban J connectivity index is 1.76. The molecule has 0 radical (unpaired) electrons. The van der Waals surface area contributed by atoms with E-state index < -0.39 is 4.92 Å². The van der Waals surface area contributed by atoms with E-state index in [1.807, 2.05) is 0 Å². The highest BCUT2D eigenvalue weighted by molar-refractivity contribution is 5.81. The van der Waals surface area contributed by atoms with Gasteiger partial charge in [-0.1, -0.05) is 5.10 Å². The smallest absolute Gasteiger partial charge is 0.342 e. The fourth-order valence-corrected chi connectivity index (χ4v) is 1.69. The van der Waals surface area contributed by atoms with Gasteiger partial charge in [-0.15, -0.1) is 5.10 Å². The van der Waals surface area contributed by atoms with Gasteiger partial charge in [-0.3, -0.25) is 15.1 Å². The Kier molecular flexibility index (Phi) is 3.65. The number of hydrogen-bond acceptors (Lipinski definition) is 7. The molecule has 8 heteroatoms. The van der Waals surface area contributed by atoms with E-state index in [1.165, 1.54) is 18.3 Å². The highest BCUT2D eigenvalue weighted by Gasteiger charge is 2.07. The van der Waals surface area contributed by atoms with Crippen molar-refractivity contribution in [3.8, 4) is 11.5 Å². The van der Waals surface area contributed by atoms with Crippen LogP contribution in [0.5, 0.6) is 0 Å². The average molecular weight is 295 g/mol. The third kappa shape index (κ3) is 3.01. The van der Waals surface area contributed by atoms with Gasteiger partial charge >= 0.3 is 6.01 Å². The van der Waals surface area contributed by atoms with Gasteiger partial charge in [-0.2, -0.15) is 0 Å². The van der Waals surface area contributed by atoms with E-state index in [2.05, 4.69) is 20.2 Å². The number of hydrogen-bond donors (Lipinski definition) is 0. The van der Waals surface area contributed by atoms with Gasteiger partial charge in [-0.25, -0.2) is 4.99 Å². The zero-order valence-electron chi connectivity index (χ0n) is 11.2. The number of benzene rings is 1. The molecule has 0 N–H and O–H groups in total. The van der Waals surface area contributed by atoms with Crippen LogP contribution in [0.3, 0.4) is 0 Å². The number of aromatic nitrogens is 3. The summed E-state index contributed by atoms with van der Waals surface area (Å²) in [4.78, 5) is 18.1. The zero-order valence-corrected chi connectivity index (χ0v) is 11.2. The van der Waals surface area contributed by atoms with Crippen LogP contribution in [0.4, 0.5) is 11.7 Å². The van der Waals surface area contributed by atoms with Crippen molar-refractivity contribution in [3.05, 3.63) is 64.5 Å². The normalized spacial score (nSPS) is 10.9. The Bertz CT molecular complexity index is 812. The second-order valence-corrected chi connectivity index (χ2v) is 4.24. The van der Waals surface area contributed by atoms with Gasteiger partial charge in [0.15, 0.2) is 0 Å². The molecule has 3 rings (SSSR count). The minimum Gasteiger partial charge on any atom is -0.402 e. The fourth-order valence-electron chi connectivity index (χ4n) is 1.69. The molecule has 0 aliphatic heterocycles. The summed E-state index contributed by atoms with van der Waals surface area (Å²) in [7, 11) is 0. The number of nitro benzene ring substituents is 1. The maximum Gasteiger partial charge on any atom is 0.342 e. The molecular weight excluding hydrogens is 286 g/mol. The highest BCUT2D eigenvalue weighted by atomic mass is 16.6. The molecule has 0 amide bonds. The van der Waals surface area contributed by atoms with Crippen molar-refractivity contribution in [1.82, 2.24) is 15.2 Å². The van der Waals surface area contributed by atoms with Crippen molar-refractivity contribution in [3.63, 3.8) is 0 Å². The minimum atomic E-state index is -0.459. The molecule has 0 fully saturated rings. The zero-order chi connectivity index (χ0) is 15.4. The summed E-state index contributed by atoms with van der Waals surface area (Å²) in [6.07, 6.45) is 4.75. The lowest BCUT2D eigenvalue weighted by Gasteiger charge is -1.92. The molecular formula is C14H9N5O3.